The number of phenolic OH excluding ortho intramolecular Hbond substituents is 1. The molecule has 0 amide bonds. The largest absolute Gasteiger partial charge is 0.506 e. The maximum Gasteiger partial charge on any atom is 0.308 e. The third-order valence-electron chi connectivity index (χ3n) is 3.28. The molecule has 1 N–H and O–H groups in total. The van der Waals surface area contributed by atoms with Crippen LogP contribution in [0.2, 0.25) is 0 Å². The smallest absolute Gasteiger partial charge is 0.308 e. The minimum Gasteiger partial charge on any atom is -0.506 e. The Balaban J connectivity index is 2.18. The summed E-state index contributed by atoms with van der Waals surface area (Å²) in [6.45, 7) is 1.27. The van der Waals surface area contributed by atoms with Gasteiger partial charge in [0.05, 0.1) is 12.5 Å². The van der Waals surface area contributed by atoms with Gasteiger partial charge in [0, 0.05) is 12.5 Å². The summed E-state index contributed by atoms with van der Waals surface area (Å²) in [5.74, 6) is -0.758. The summed E-state index contributed by atoms with van der Waals surface area (Å²) >= 11 is 3.90. The van der Waals surface area contributed by atoms with Gasteiger partial charge in [0.25, 0.3) is 0 Å². The van der Waals surface area contributed by atoms with Crippen molar-refractivity contribution < 1.29 is 23.8 Å². The van der Waals surface area contributed by atoms with Gasteiger partial charge < -0.3 is 14.3 Å². The third-order valence-corrected chi connectivity index (χ3v) is 4.93. The van der Waals surface area contributed by atoms with Crippen molar-refractivity contribution >= 4 is 67.9 Å². The van der Waals surface area contributed by atoms with E-state index in [-0.39, 0.29) is 17.3 Å². The highest BCUT2D eigenvalue weighted by Crippen LogP contribution is 2.36. The summed E-state index contributed by atoms with van der Waals surface area (Å²) in [5.41, 5.74) is 0.800. The molecule has 0 aliphatic heterocycles. The normalized spacial score (nSPS) is 10.8. The SMILES string of the molecule is CC(=O)Oc1c(C(=O)c2cc(I)c(O)c(I)c2)oc2ccccc12. The molecule has 0 radical (unpaired) electrons. The number of ether oxygens (including phenoxy) is 1. The highest BCUT2D eigenvalue weighted by Gasteiger charge is 2.25. The van der Waals surface area contributed by atoms with Gasteiger partial charge in [0.2, 0.25) is 11.5 Å². The molecule has 1 heterocycles. The molecule has 3 aromatic rings. The standard InChI is InChI=1S/C17H10I2O5/c1-8(20)23-16-10-4-2-3-5-13(10)24-17(16)14(21)9-6-11(18)15(22)12(19)7-9/h2-7,22H,1H3. The topological polar surface area (TPSA) is 76.7 Å². The van der Waals surface area contributed by atoms with Crippen molar-refractivity contribution in [2.24, 2.45) is 0 Å². The number of phenols is 1. The number of hydrogen-bond acceptors (Lipinski definition) is 5. The zero-order valence-corrected chi connectivity index (χ0v) is 16.6. The first-order valence-corrected chi connectivity index (χ1v) is 8.97. The number of aromatic hydroxyl groups is 1. The Morgan fingerprint density at radius 3 is 2.38 bits per heavy atom. The number of halogens is 2. The molecular weight excluding hydrogens is 538 g/mol. The molecule has 0 unspecified atom stereocenters. The van der Waals surface area contributed by atoms with E-state index in [1.165, 1.54) is 6.92 Å². The lowest BCUT2D eigenvalue weighted by atomic mass is 10.1. The number of rotatable bonds is 3. The van der Waals surface area contributed by atoms with E-state index in [9.17, 15) is 14.7 Å². The molecule has 24 heavy (non-hydrogen) atoms. The van der Waals surface area contributed by atoms with E-state index in [1.807, 2.05) is 45.2 Å². The van der Waals surface area contributed by atoms with E-state index in [0.717, 1.165) is 0 Å². The number of ketones is 1. The first-order chi connectivity index (χ1) is 11.4. The molecule has 0 atom stereocenters. The molecule has 0 saturated heterocycles. The van der Waals surface area contributed by atoms with Gasteiger partial charge >= 0.3 is 5.97 Å². The Labute approximate surface area is 164 Å². The molecule has 122 valence electrons. The maximum atomic E-state index is 12.9. The van der Waals surface area contributed by atoms with Crippen LogP contribution in [0.25, 0.3) is 11.0 Å². The van der Waals surface area contributed by atoms with Gasteiger partial charge in [-0.1, -0.05) is 12.1 Å². The fourth-order valence-corrected chi connectivity index (χ4v) is 4.01. The van der Waals surface area contributed by atoms with E-state index in [0.29, 0.717) is 23.7 Å². The zero-order valence-electron chi connectivity index (χ0n) is 12.3. The lowest BCUT2D eigenvalue weighted by molar-refractivity contribution is -0.131. The Bertz CT molecular complexity index is 951. The van der Waals surface area contributed by atoms with Crippen LogP contribution in [-0.4, -0.2) is 16.9 Å². The van der Waals surface area contributed by atoms with Gasteiger partial charge in [0.1, 0.15) is 11.3 Å². The highest BCUT2D eigenvalue weighted by atomic mass is 127. The second-order valence-corrected chi connectivity index (χ2v) is 7.29. The monoisotopic (exact) mass is 548 g/mol. The van der Waals surface area contributed by atoms with Crippen LogP contribution < -0.4 is 4.74 Å². The second-order valence-electron chi connectivity index (χ2n) is 4.97. The molecule has 0 bridgehead atoms. The van der Waals surface area contributed by atoms with Crippen molar-refractivity contribution in [1.82, 2.24) is 0 Å². The summed E-state index contributed by atoms with van der Waals surface area (Å²) in [6.07, 6.45) is 0. The number of carbonyl (C=O) groups excluding carboxylic acids is 2. The Kier molecular flexibility index (Phi) is 4.81. The predicted octanol–water partition coefficient (Wildman–Crippen LogP) is 4.50. The Hall–Kier alpha value is -1.62. The highest BCUT2D eigenvalue weighted by molar-refractivity contribution is 14.1. The van der Waals surface area contributed by atoms with Crippen LogP contribution in [0.15, 0.2) is 40.8 Å². The number of benzene rings is 2. The van der Waals surface area contributed by atoms with Gasteiger partial charge in [-0.25, -0.2) is 0 Å². The Morgan fingerprint density at radius 1 is 1.12 bits per heavy atom. The lowest BCUT2D eigenvalue weighted by Crippen LogP contribution is -2.07. The first-order valence-electron chi connectivity index (χ1n) is 6.81. The van der Waals surface area contributed by atoms with E-state index in [1.54, 1.807) is 36.4 Å². The van der Waals surface area contributed by atoms with Crippen LogP contribution in [0.1, 0.15) is 23.0 Å². The van der Waals surface area contributed by atoms with Gasteiger partial charge in [-0.3, -0.25) is 9.59 Å². The quantitative estimate of drug-likeness (QED) is 0.297. The summed E-state index contributed by atoms with van der Waals surface area (Å²) < 4.78 is 11.9. The van der Waals surface area contributed by atoms with Crippen molar-refractivity contribution in [2.75, 3.05) is 0 Å². The number of hydrogen-bond donors (Lipinski definition) is 1. The van der Waals surface area contributed by atoms with Crippen molar-refractivity contribution in [3.05, 3.63) is 54.9 Å². The van der Waals surface area contributed by atoms with E-state index in [4.69, 9.17) is 9.15 Å². The van der Waals surface area contributed by atoms with Gasteiger partial charge in [-0.05, 0) is 69.4 Å². The molecule has 3 rings (SSSR count). The average molecular weight is 548 g/mol. The van der Waals surface area contributed by atoms with Crippen molar-refractivity contribution in [1.29, 1.82) is 0 Å². The van der Waals surface area contributed by atoms with Gasteiger partial charge in [-0.2, -0.15) is 0 Å². The second kappa shape index (κ2) is 6.71. The molecule has 2 aromatic carbocycles. The number of carbonyl (C=O) groups is 2. The summed E-state index contributed by atoms with van der Waals surface area (Å²) in [7, 11) is 0. The molecule has 5 nitrogen and oxygen atoms in total. The number of fused-ring (bicyclic) bond motifs is 1. The minimum atomic E-state index is -0.537. The van der Waals surface area contributed by atoms with Crippen LogP contribution in [0, 0.1) is 7.14 Å². The summed E-state index contributed by atoms with van der Waals surface area (Å²) in [5, 5.41) is 10.4. The predicted molar refractivity (Wildman–Crippen MR) is 104 cm³/mol. The van der Waals surface area contributed by atoms with Crippen LogP contribution in [0.3, 0.4) is 0 Å². The molecule has 0 aliphatic rings. The fraction of sp³-hybridized carbons (Fsp3) is 0.0588. The third kappa shape index (κ3) is 3.14. The van der Waals surface area contributed by atoms with E-state index in [2.05, 4.69) is 0 Å². The van der Waals surface area contributed by atoms with Crippen LogP contribution >= 0.6 is 45.2 Å². The van der Waals surface area contributed by atoms with Crippen molar-refractivity contribution in [3.63, 3.8) is 0 Å². The molecule has 0 fully saturated rings. The number of esters is 1. The Morgan fingerprint density at radius 2 is 1.75 bits per heavy atom. The molecular formula is C17H10I2O5. The van der Waals surface area contributed by atoms with Crippen LogP contribution in [0.4, 0.5) is 0 Å². The lowest BCUT2D eigenvalue weighted by Gasteiger charge is -2.06. The zero-order chi connectivity index (χ0) is 17.4. The van der Waals surface area contributed by atoms with Crippen LogP contribution in [0.5, 0.6) is 11.5 Å². The van der Waals surface area contributed by atoms with Gasteiger partial charge in [-0.15, -0.1) is 0 Å². The maximum absolute atomic E-state index is 12.9. The number of para-hydroxylation sites is 1. The molecule has 1 aromatic heterocycles. The fourth-order valence-electron chi connectivity index (χ4n) is 2.24. The van der Waals surface area contributed by atoms with Crippen molar-refractivity contribution in [2.45, 2.75) is 6.92 Å². The van der Waals surface area contributed by atoms with Gasteiger partial charge in [0.15, 0.2) is 5.75 Å². The summed E-state index contributed by atoms with van der Waals surface area (Å²) in [6, 6.07) is 10.1. The van der Waals surface area contributed by atoms with E-state index >= 15 is 0 Å². The first kappa shape index (κ1) is 17.2. The van der Waals surface area contributed by atoms with Crippen molar-refractivity contribution in [3.8, 4) is 11.5 Å². The molecule has 0 spiro atoms. The minimum absolute atomic E-state index is 0.0383. The van der Waals surface area contributed by atoms with E-state index < -0.39 is 11.8 Å². The molecule has 0 saturated carbocycles. The molecule has 0 aliphatic carbocycles. The van der Waals surface area contributed by atoms with Crippen LogP contribution in [-0.2, 0) is 4.79 Å². The summed E-state index contributed by atoms with van der Waals surface area (Å²) in [4.78, 5) is 24.3. The molecule has 7 heteroatoms. The average Bonchev–Trinajstić information content (AvgIpc) is 2.89. The number of furan rings is 1.